The van der Waals surface area contributed by atoms with Crippen LogP contribution in [0.4, 0.5) is 0 Å². The smallest absolute Gasteiger partial charge is 0.273 e. The van der Waals surface area contributed by atoms with Gasteiger partial charge in [0, 0.05) is 24.3 Å². The Bertz CT molecular complexity index is 1160. The Morgan fingerprint density at radius 2 is 2.00 bits per heavy atom. The monoisotopic (exact) mass is 463 g/mol. The standard InChI is InChI=1S/C27H33N3O4/c1-6-33-20-10-7-9-19(15-20)26-23-24(22-18(5)13-17(4)14-21(22)31)28-29-25(23)27(32)30(26)11-8-12-34-16(2)3/h7,9-10,13-16,26,31H,6,8,11-12H2,1-5H3,(H,28,29). The first-order valence-corrected chi connectivity index (χ1v) is 11.9. The van der Waals surface area contributed by atoms with Gasteiger partial charge in [-0.2, -0.15) is 5.10 Å². The molecule has 1 amide bonds. The third-order valence-electron chi connectivity index (χ3n) is 6.04. The number of H-pyrrole nitrogens is 1. The summed E-state index contributed by atoms with van der Waals surface area (Å²) in [6, 6.07) is 11.2. The Balaban J connectivity index is 1.80. The highest BCUT2D eigenvalue weighted by molar-refractivity contribution is 6.00. The van der Waals surface area contributed by atoms with Gasteiger partial charge in [-0.25, -0.2) is 0 Å². The van der Waals surface area contributed by atoms with Gasteiger partial charge in [0.15, 0.2) is 0 Å². The van der Waals surface area contributed by atoms with E-state index in [1.54, 1.807) is 6.07 Å². The van der Waals surface area contributed by atoms with Crippen LogP contribution in [-0.2, 0) is 4.74 Å². The minimum atomic E-state index is -0.351. The van der Waals surface area contributed by atoms with Crippen LogP contribution in [0.5, 0.6) is 11.5 Å². The van der Waals surface area contributed by atoms with Crippen LogP contribution in [0.3, 0.4) is 0 Å². The van der Waals surface area contributed by atoms with Crippen molar-refractivity contribution in [2.24, 2.45) is 0 Å². The van der Waals surface area contributed by atoms with Gasteiger partial charge in [0.05, 0.1) is 18.8 Å². The van der Waals surface area contributed by atoms with Gasteiger partial charge in [0.1, 0.15) is 22.9 Å². The molecule has 0 radical (unpaired) electrons. The van der Waals surface area contributed by atoms with Crippen LogP contribution < -0.4 is 4.74 Å². The lowest BCUT2D eigenvalue weighted by atomic mass is 9.93. The Hall–Kier alpha value is -3.32. The summed E-state index contributed by atoms with van der Waals surface area (Å²) in [5.74, 6) is 0.808. The van der Waals surface area contributed by atoms with E-state index in [9.17, 15) is 9.90 Å². The second kappa shape index (κ2) is 9.89. The van der Waals surface area contributed by atoms with Crippen LogP contribution in [0.1, 0.15) is 66.0 Å². The highest BCUT2D eigenvalue weighted by Crippen LogP contribution is 2.46. The number of ether oxygens (including phenoxy) is 2. The number of fused-ring (bicyclic) bond motifs is 1. The van der Waals surface area contributed by atoms with Crippen LogP contribution in [0.15, 0.2) is 36.4 Å². The fourth-order valence-corrected chi connectivity index (χ4v) is 4.71. The quantitative estimate of drug-likeness (QED) is 0.428. The Kier molecular flexibility index (Phi) is 6.93. The minimum absolute atomic E-state index is 0.102. The van der Waals surface area contributed by atoms with Crippen molar-refractivity contribution in [1.82, 2.24) is 15.1 Å². The van der Waals surface area contributed by atoms with Gasteiger partial charge in [-0.15, -0.1) is 0 Å². The van der Waals surface area contributed by atoms with Gasteiger partial charge in [-0.05, 0) is 75.9 Å². The zero-order chi connectivity index (χ0) is 24.4. The molecule has 0 saturated heterocycles. The first kappa shape index (κ1) is 23.8. The first-order chi connectivity index (χ1) is 16.3. The van der Waals surface area contributed by atoms with Gasteiger partial charge in [-0.3, -0.25) is 9.89 Å². The predicted molar refractivity (Wildman–Crippen MR) is 131 cm³/mol. The van der Waals surface area contributed by atoms with Gasteiger partial charge in [0.25, 0.3) is 5.91 Å². The molecule has 2 aromatic carbocycles. The van der Waals surface area contributed by atoms with Crippen molar-refractivity contribution in [3.8, 4) is 22.8 Å². The number of benzene rings is 2. The molecule has 1 aromatic heterocycles. The molecule has 0 fully saturated rings. The van der Waals surface area contributed by atoms with Crippen molar-refractivity contribution in [2.45, 2.75) is 53.2 Å². The van der Waals surface area contributed by atoms with E-state index in [1.807, 2.05) is 69.9 Å². The number of nitrogens with zero attached hydrogens (tertiary/aromatic N) is 2. The normalized spacial score (nSPS) is 15.3. The summed E-state index contributed by atoms with van der Waals surface area (Å²) >= 11 is 0. The highest BCUT2D eigenvalue weighted by atomic mass is 16.5. The van der Waals surface area contributed by atoms with E-state index in [0.29, 0.717) is 43.1 Å². The first-order valence-electron chi connectivity index (χ1n) is 11.9. The molecule has 1 aliphatic rings. The molecule has 3 aromatic rings. The van der Waals surface area contributed by atoms with Crippen molar-refractivity contribution in [2.75, 3.05) is 19.8 Å². The lowest BCUT2D eigenvalue weighted by Crippen LogP contribution is -2.31. The molecular weight excluding hydrogens is 430 g/mol. The van der Waals surface area contributed by atoms with Crippen LogP contribution in [0.25, 0.3) is 11.3 Å². The second-order valence-electron chi connectivity index (χ2n) is 9.02. The molecule has 1 unspecified atom stereocenters. The number of aromatic amines is 1. The van der Waals surface area contributed by atoms with Gasteiger partial charge < -0.3 is 19.5 Å². The molecule has 1 atom stereocenters. The molecule has 2 N–H and O–H groups in total. The summed E-state index contributed by atoms with van der Waals surface area (Å²) in [5, 5.41) is 18.3. The Labute approximate surface area is 200 Å². The minimum Gasteiger partial charge on any atom is -0.507 e. The molecule has 7 nitrogen and oxygen atoms in total. The number of phenols is 1. The maximum absolute atomic E-state index is 13.5. The number of hydrogen-bond donors (Lipinski definition) is 2. The van der Waals surface area contributed by atoms with Crippen molar-refractivity contribution in [1.29, 1.82) is 0 Å². The van der Waals surface area contributed by atoms with E-state index in [0.717, 1.165) is 28.0 Å². The van der Waals surface area contributed by atoms with Crippen LogP contribution in [0, 0.1) is 13.8 Å². The highest BCUT2D eigenvalue weighted by Gasteiger charge is 2.42. The van der Waals surface area contributed by atoms with E-state index < -0.39 is 0 Å². The number of phenolic OH excluding ortho intramolecular Hbond substituents is 1. The fourth-order valence-electron chi connectivity index (χ4n) is 4.71. The molecule has 7 heteroatoms. The van der Waals surface area contributed by atoms with Crippen molar-refractivity contribution >= 4 is 5.91 Å². The molecule has 0 bridgehead atoms. The van der Waals surface area contributed by atoms with E-state index >= 15 is 0 Å². The summed E-state index contributed by atoms with van der Waals surface area (Å²) in [6.45, 7) is 11.5. The number of hydrogen-bond acceptors (Lipinski definition) is 5. The number of rotatable bonds is 9. The third kappa shape index (κ3) is 4.53. The molecule has 180 valence electrons. The number of carbonyl (C=O) groups is 1. The number of aromatic hydroxyl groups is 1. The number of aryl methyl sites for hydroxylation is 2. The zero-order valence-electron chi connectivity index (χ0n) is 20.5. The summed E-state index contributed by atoms with van der Waals surface area (Å²) in [4.78, 5) is 15.4. The summed E-state index contributed by atoms with van der Waals surface area (Å²) in [7, 11) is 0. The molecular formula is C27H33N3O4. The summed E-state index contributed by atoms with van der Waals surface area (Å²) in [6.07, 6.45) is 0.858. The van der Waals surface area contributed by atoms with Crippen LogP contribution in [0.2, 0.25) is 0 Å². The van der Waals surface area contributed by atoms with Crippen molar-refractivity contribution in [3.05, 3.63) is 64.3 Å². The number of aromatic nitrogens is 2. The molecule has 1 aliphatic heterocycles. The number of carbonyl (C=O) groups excluding carboxylic acids is 1. The average molecular weight is 464 g/mol. The van der Waals surface area contributed by atoms with E-state index in [4.69, 9.17) is 9.47 Å². The third-order valence-corrected chi connectivity index (χ3v) is 6.04. The summed E-state index contributed by atoms with van der Waals surface area (Å²) in [5.41, 5.74) is 5.31. The van der Waals surface area contributed by atoms with Gasteiger partial charge >= 0.3 is 0 Å². The molecule has 0 saturated carbocycles. The number of nitrogens with one attached hydrogen (secondary N) is 1. The maximum atomic E-state index is 13.5. The predicted octanol–water partition coefficient (Wildman–Crippen LogP) is 5.16. The van der Waals surface area contributed by atoms with Crippen LogP contribution in [-0.4, -0.2) is 52.0 Å². The second-order valence-corrected chi connectivity index (χ2v) is 9.02. The largest absolute Gasteiger partial charge is 0.507 e. The molecule has 0 spiro atoms. The number of amides is 1. The molecule has 4 rings (SSSR count). The topological polar surface area (TPSA) is 87.7 Å². The Morgan fingerprint density at radius 1 is 1.21 bits per heavy atom. The molecule has 34 heavy (non-hydrogen) atoms. The average Bonchev–Trinajstić information content (AvgIpc) is 3.30. The maximum Gasteiger partial charge on any atom is 0.273 e. The fraction of sp³-hybridized carbons (Fsp3) is 0.407. The van der Waals surface area contributed by atoms with Gasteiger partial charge in [-0.1, -0.05) is 18.2 Å². The summed E-state index contributed by atoms with van der Waals surface area (Å²) < 4.78 is 11.5. The van der Waals surface area contributed by atoms with E-state index in [2.05, 4.69) is 10.2 Å². The van der Waals surface area contributed by atoms with Gasteiger partial charge in [0.2, 0.25) is 0 Å². The van der Waals surface area contributed by atoms with E-state index in [-0.39, 0.29) is 23.8 Å². The lowest BCUT2D eigenvalue weighted by Gasteiger charge is -2.27. The SMILES string of the molecule is CCOc1cccc(C2c3c(-c4c(C)cc(C)cc4O)n[nH]c3C(=O)N2CCCOC(C)C)c1. The van der Waals surface area contributed by atoms with Crippen LogP contribution >= 0.6 is 0 Å². The lowest BCUT2D eigenvalue weighted by molar-refractivity contribution is 0.0601. The van der Waals surface area contributed by atoms with Crippen molar-refractivity contribution < 1.29 is 19.4 Å². The molecule has 0 aliphatic carbocycles. The van der Waals surface area contributed by atoms with E-state index in [1.165, 1.54) is 0 Å². The zero-order valence-corrected chi connectivity index (χ0v) is 20.5. The Morgan fingerprint density at radius 3 is 2.71 bits per heavy atom. The molecule has 2 heterocycles. The van der Waals surface area contributed by atoms with Crippen molar-refractivity contribution in [3.63, 3.8) is 0 Å².